The van der Waals surface area contributed by atoms with E-state index in [0.29, 0.717) is 25.7 Å². The zero-order valence-electron chi connectivity index (χ0n) is 16.2. The van der Waals surface area contributed by atoms with Gasteiger partial charge in [-0.1, -0.05) is 6.07 Å². The molecule has 7 nitrogen and oxygen atoms in total. The molecule has 1 spiro atoms. The van der Waals surface area contributed by atoms with Crippen LogP contribution in [0.25, 0.3) is 0 Å². The molecule has 0 aromatic heterocycles. The van der Waals surface area contributed by atoms with Crippen LogP contribution >= 0.6 is 0 Å². The van der Waals surface area contributed by atoms with Gasteiger partial charge in [0.25, 0.3) is 0 Å². The Labute approximate surface area is 160 Å². The van der Waals surface area contributed by atoms with Crippen molar-refractivity contribution in [2.24, 2.45) is 0 Å². The Morgan fingerprint density at radius 2 is 1.93 bits per heavy atom. The molecule has 3 fully saturated rings. The van der Waals surface area contributed by atoms with E-state index in [-0.39, 0.29) is 11.8 Å². The van der Waals surface area contributed by atoms with Gasteiger partial charge in [-0.05, 0) is 76.4 Å². The second-order valence-corrected chi connectivity index (χ2v) is 8.86. The van der Waals surface area contributed by atoms with Gasteiger partial charge in [-0.15, -0.1) is 0 Å². The van der Waals surface area contributed by atoms with Crippen LogP contribution in [0.4, 0.5) is 0 Å². The molecular weight excluding hydrogens is 346 g/mol. The third kappa shape index (κ3) is 2.57. The maximum absolute atomic E-state index is 12.0. The predicted molar refractivity (Wildman–Crippen MR) is 101 cm³/mol. The lowest BCUT2D eigenvalue weighted by Gasteiger charge is -2.63. The molecule has 3 aliphatic rings. The average Bonchev–Trinajstić information content (AvgIpc) is 2.89. The van der Waals surface area contributed by atoms with Gasteiger partial charge in [-0.3, -0.25) is 10.6 Å². The lowest BCUT2D eigenvalue weighted by atomic mass is 9.49. The Kier molecular flexibility index (Phi) is 4.34. The highest BCUT2D eigenvalue weighted by molar-refractivity contribution is 5.44. The Morgan fingerprint density at radius 1 is 1.19 bits per heavy atom. The van der Waals surface area contributed by atoms with E-state index in [4.69, 9.17) is 0 Å². The van der Waals surface area contributed by atoms with Crippen molar-refractivity contribution in [3.63, 3.8) is 0 Å². The van der Waals surface area contributed by atoms with E-state index in [9.17, 15) is 20.4 Å². The molecule has 7 heteroatoms. The van der Waals surface area contributed by atoms with Crippen molar-refractivity contribution in [1.82, 2.24) is 15.5 Å². The van der Waals surface area contributed by atoms with Gasteiger partial charge in [0.2, 0.25) is 0 Å². The van der Waals surface area contributed by atoms with Crippen molar-refractivity contribution in [3.05, 3.63) is 29.3 Å². The summed E-state index contributed by atoms with van der Waals surface area (Å²) in [5.41, 5.74) is -0.419. The summed E-state index contributed by atoms with van der Waals surface area (Å²) in [5, 5.41) is 48.8. The van der Waals surface area contributed by atoms with E-state index in [1.54, 1.807) is 12.1 Å². The molecule has 150 valence electrons. The summed E-state index contributed by atoms with van der Waals surface area (Å²) in [6.07, 6.45) is 0.350. The molecule has 1 saturated carbocycles. The molecule has 6 N–H and O–H groups in total. The topological polar surface area (TPSA) is 108 Å². The van der Waals surface area contributed by atoms with Crippen LogP contribution in [-0.4, -0.2) is 68.7 Å². The standard InChI is InChI=1S/C20H31N3O4/c1-12-4-5-14(24)10-15(12)18-8-9-23(3)13(2)20(18,27)7-6-19(11-18)16(25)21-17(26)22-19/h4-5,10,13,16-17,21-22,24-27H,6-9,11H2,1-3H3. The first-order valence-corrected chi connectivity index (χ1v) is 9.76. The van der Waals surface area contributed by atoms with E-state index >= 15 is 0 Å². The average molecular weight is 377 g/mol. The number of benzene rings is 1. The Balaban J connectivity index is 1.89. The Hall–Kier alpha value is -1.22. The molecule has 27 heavy (non-hydrogen) atoms. The lowest BCUT2D eigenvalue weighted by molar-refractivity contribution is -0.171. The molecule has 6 unspecified atom stereocenters. The van der Waals surface area contributed by atoms with Crippen molar-refractivity contribution in [2.45, 2.75) is 74.7 Å². The molecule has 1 aromatic carbocycles. The molecule has 2 heterocycles. The summed E-state index contributed by atoms with van der Waals surface area (Å²) < 4.78 is 0. The SMILES string of the molecule is Cc1ccc(O)cc1C12CCN(C)C(C)C1(O)CCC1(C2)NC(O)NC1O. The van der Waals surface area contributed by atoms with Crippen molar-refractivity contribution in [3.8, 4) is 5.75 Å². The zero-order valence-corrected chi connectivity index (χ0v) is 16.2. The second kappa shape index (κ2) is 6.14. The number of aliphatic hydroxyl groups is 3. The fourth-order valence-electron chi connectivity index (χ4n) is 5.92. The van der Waals surface area contributed by atoms with Crippen LogP contribution in [0.2, 0.25) is 0 Å². The number of nitrogens with one attached hydrogen (secondary N) is 2. The number of piperidine rings is 1. The number of likely N-dealkylation sites (N-methyl/N-ethyl adjacent to an activating group) is 1. The first kappa shape index (κ1) is 19.1. The molecule has 0 amide bonds. The number of aryl methyl sites for hydroxylation is 1. The highest BCUT2D eigenvalue weighted by atomic mass is 16.3. The van der Waals surface area contributed by atoms with Crippen LogP contribution in [0.5, 0.6) is 5.75 Å². The number of rotatable bonds is 1. The zero-order chi connectivity index (χ0) is 19.6. The molecule has 4 rings (SSSR count). The number of phenols is 1. The summed E-state index contributed by atoms with van der Waals surface area (Å²) in [7, 11) is 2.03. The highest BCUT2D eigenvalue weighted by Crippen LogP contribution is 2.58. The van der Waals surface area contributed by atoms with Crippen LogP contribution in [0.3, 0.4) is 0 Å². The minimum absolute atomic E-state index is 0.0678. The largest absolute Gasteiger partial charge is 0.508 e. The summed E-state index contributed by atoms with van der Waals surface area (Å²) >= 11 is 0. The predicted octanol–water partition coefficient (Wildman–Crippen LogP) is 0.103. The van der Waals surface area contributed by atoms with Crippen LogP contribution < -0.4 is 10.6 Å². The number of aromatic hydroxyl groups is 1. The molecule has 0 radical (unpaired) electrons. The monoisotopic (exact) mass is 377 g/mol. The molecule has 1 aliphatic carbocycles. The minimum Gasteiger partial charge on any atom is -0.508 e. The van der Waals surface area contributed by atoms with Gasteiger partial charge in [-0.2, -0.15) is 0 Å². The number of nitrogens with zero attached hydrogens (tertiary/aromatic N) is 1. The fraction of sp³-hybridized carbons (Fsp3) is 0.700. The van der Waals surface area contributed by atoms with Crippen molar-refractivity contribution >= 4 is 0 Å². The Morgan fingerprint density at radius 3 is 2.59 bits per heavy atom. The summed E-state index contributed by atoms with van der Waals surface area (Å²) in [4.78, 5) is 2.18. The van der Waals surface area contributed by atoms with Crippen LogP contribution in [0, 0.1) is 6.92 Å². The van der Waals surface area contributed by atoms with Gasteiger partial charge < -0.3 is 25.3 Å². The maximum atomic E-state index is 12.0. The smallest absolute Gasteiger partial charge is 0.163 e. The van der Waals surface area contributed by atoms with Crippen molar-refractivity contribution < 1.29 is 20.4 Å². The van der Waals surface area contributed by atoms with Crippen LogP contribution in [0.1, 0.15) is 43.7 Å². The Bertz CT molecular complexity index is 746. The third-order valence-electron chi connectivity index (χ3n) is 7.64. The first-order chi connectivity index (χ1) is 12.6. The number of hydrogen-bond donors (Lipinski definition) is 6. The minimum atomic E-state index is -1.00. The molecule has 2 aliphatic heterocycles. The normalized spacial score (nSPS) is 45.2. The first-order valence-electron chi connectivity index (χ1n) is 9.76. The van der Waals surface area contributed by atoms with Crippen molar-refractivity contribution in [2.75, 3.05) is 13.6 Å². The van der Waals surface area contributed by atoms with E-state index < -0.39 is 29.1 Å². The third-order valence-corrected chi connectivity index (χ3v) is 7.64. The quantitative estimate of drug-likeness (QED) is 0.412. The van der Waals surface area contributed by atoms with Crippen LogP contribution in [-0.2, 0) is 5.41 Å². The van der Waals surface area contributed by atoms with Crippen LogP contribution in [0.15, 0.2) is 18.2 Å². The number of likely N-dealkylation sites (tertiary alicyclic amines) is 1. The molecular formula is C20H31N3O4. The number of fused-ring (bicyclic) bond motifs is 1. The number of phenolic OH excluding ortho intramolecular Hbond substituents is 1. The van der Waals surface area contributed by atoms with Gasteiger partial charge in [0.15, 0.2) is 6.35 Å². The van der Waals surface area contributed by atoms with E-state index in [2.05, 4.69) is 22.5 Å². The lowest BCUT2D eigenvalue weighted by Crippen LogP contribution is -2.73. The molecule has 6 atom stereocenters. The molecule has 1 aromatic rings. The highest BCUT2D eigenvalue weighted by Gasteiger charge is 2.66. The summed E-state index contributed by atoms with van der Waals surface area (Å²) in [6.45, 7) is 4.86. The van der Waals surface area contributed by atoms with Gasteiger partial charge in [0, 0.05) is 11.5 Å². The summed E-state index contributed by atoms with van der Waals surface area (Å²) in [6, 6.07) is 5.25. The second-order valence-electron chi connectivity index (χ2n) is 8.86. The van der Waals surface area contributed by atoms with Crippen molar-refractivity contribution in [1.29, 1.82) is 0 Å². The van der Waals surface area contributed by atoms with E-state index in [1.807, 2.05) is 20.0 Å². The van der Waals surface area contributed by atoms with Gasteiger partial charge >= 0.3 is 0 Å². The number of aliphatic hydroxyl groups excluding tert-OH is 2. The molecule has 0 bridgehead atoms. The maximum Gasteiger partial charge on any atom is 0.163 e. The number of hydrogen-bond acceptors (Lipinski definition) is 7. The van der Waals surface area contributed by atoms with E-state index in [0.717, 1.165) is 17.7 Å². The van der Waals surface area contributed by atoms with Gasteiger partial charge in [0.05, 0.1) is 11.1 Å². The van der Waals surface area contributed by atoms with Gasteiger partial charge in [-0.25, -0.2) is 0 Å². The molecule has 2 saturated heterocycles. The summed E-state index contributed by atoms with van der Waals surface area (Å²) in [5.74, 6) is 0.177. The van der Waals surface area contributed by atoms with E-state index in [1.165, 1.54) is 0 Å². The fourth-order valence-corrected chi connectivity index (χ4v) is 5.92. The van der Waals surface area contributed by atoms with Gasteiger partial charge in [0.1, 0.15) is 12.0 Å².